The van der Waals surface area contributed by atoms with Crippen LogP contribution >= 0.6 is 11.3 Å². The highest BCUT2D eigenvalue weighted by atomic mass is 32.1. The molecule has 1 aliphatic rings. The van der Waals surface area contributed by atoms with Crippen molar-refractivity contribution in [1.29, 1.82) is 0 Å². The molecule has 0 radical (unpaired) electrons. The second-order valence-corrected chi connectivity index (χ2v) is 7.18. The average molecular weight is 411 g/mol. The molecule has 1 fully saturated rings. The van der Waals surface area contributed by atoms with E-state index in [0.717, 1.165) is 53.4 Å². The van der Waals surface area contributed by atoms with Crippen LogP contribution in [0.1, 0.15) is 24.3 Å². The van der Waals surface area contributed by atoms with Crippen LogP contribution in [-0.2, 0) is 0 Å². The summed E-state index contributed by atoms with van der Waals surface area (Å²) in [7, 11) is 0. The van der Waals surface area contributed by atoms with Gasteiger partial charge in [-0.2, -0.15) is 0 Å². The number of nitrogens with one attached hydrogen (secondary N) is 2. The standard InChI is InChI=1S/C19H20N6OS.C2H6/c26-15-3-1-2-14(10-15)4-5-16-12-21-19(27-16)24-17-11-18(23-13-22-17)25-8-6-20-7-9-25;1-2/h1-5,10-13,20,26H,6-9H2,(H,21,22,23,24);1-2H3/b5-4+;. The van der Waals surface area contributed by atoms with Gasteiger partial charge in [0.05, 0.1) is 0 Å². The normalized spacial score (nSPS) is 13.8. The predicted molar refractivity (Wildman–Crippen MR) is 121 cm³/mol. The molecule has 7 nitrogen and oxygen atoms in total. The molecule has 0 saturated carbocycles. The van der Waals surface area contributed by atoms with E-state index in [9.17, 15) is 5.11 Å². The van der Waals surface area contributed by atoms with Crippen LogP contribution in [0.15, 0.2) is 42.9 Å². The average Bonchev–Trinajstić information content (AvgIpc) is 3.22. The Hall–Kier alpha value is -2.97. The second kappa shape index (κ2) is 10.5. The topological polar surface area (TPSA) is 86.2 Å². The van der Waals surface area contributed by atoms with Gasteiger partial charge in [-0.05, 0) is 23.8 Å². The summed E-state index contributed by atoms with van der Waals surface area (Å²) in [5.74, 6) is 1.92. The zero-order valence-electron chi connectivity index (χ0n) is 16.7. The van der Waals surface area contributed by atoms with E-state index in [1.165, 1.54) is 11.3 Å². The number of hydrogen-bond acceptors (Lipinski definition) is 8. The molecule has 0 bridgehead atoms. The van der Waals surface area contributed by atoms with E-state index in [1.807, 2.05) is 50.4 Å². The number of anilines is 3. The minimum absolute atomic E-state index is 0.257. The number of benzene rings is 1. The minimum Gasteiger partial charge on any atom is -0.508 e. The van der Waals surface area contributed by atoms with Crippen molar-refractivity contribution in [2.24, 2.45) is 0 Å². The third-order valence-electron chi connectivity index (χ3n) is 4.16. The van der Waals surface area contributed by atoms with Crippen molar-refractivity contribution in [3.05, 3.63) is 53.3 Å². The van der Waals surface area contributed by atoms with Crippen molar-refractivity contribution >= 4 is 40.3 Å². The van der Waals surface area contributed by atoms with Crippen LogP contribution in [0.4, 0.5) is 16.8 Å². The van der Waals surface area contributed by atoms with Crippen LogP contribution in [0, 0.1) is 0 Å². The highest BCUT2D eigenvalue weighted by Crippen LogP contribution is 2.25. The number of phenolic OH excluding ortho intramolecular Hbond substituents is 1. The largest absolute Gasteiger partial charge is 0.508 e. The van der Waals surface area contributed by atoms with E-state index in [0.29, 0.717) is 0 Å². The van der Waals surface area contributed by atoms with Crippen LogP contribution < -0.4 is 15.5 Å². The highest BCUT2D eigenvalue weighted by Gasteiger charge is 2.12. The molecule has 4 rings (SSSR count). The summed E-state index contributed by atoms with van der Waals surface area (Å²) >= 11 is 1.54. The Balaban J connectivity index is 0.00000117. The van der Waals surface area contributed by atoms with Gasteiger partial charge in [0.15, 0.2) is 5.13 Å². The van der Waals surface area contributed by atoms with Crippen LogP contribution in [0.2, 0.25) is 0 Å². The smallest absolute Gasteiger partial charge is 0.188 e. The zero-order valence-corrected chi connectivity index (χ0v) is 17.5. The first-order chi connectivity index (χ1) is 14.3. The molecule has 152 valence electrons. The molecular formula is C21H26N6OS. The summed E-state index contributed by atoms with van der Waals surface area (Å²) in [5, 5.41) is 16.9. The SMILES string of the molecule is CC.Oc1cccc(/C=C/c2cnc(Nc3cc(N4CCNCC4)ncn3)s2)c1. The molecule has 1 saturated heterocycles. The lowest BCUT2D eigenvalue weighted by atomic mass is 10.2. The highest BCUT2D eigenvalue weighted by molar-refractivity contribution is 7.16. The van der Waals surface area contributed by atoms with Gasteiger partial charge in [-0.1, -0.05) is 43.4 Å². The Morgan fingerprint density at radius 1 is 1.10 bits per heavy atom. The Bertz CT molecular complexity index is 936. The number of piperazine rings is 1. The van der Waals surface area contributed by atoms with Crippen LogP contribution in [0.3, 0.4) is 0 Å². The number of aromatic hydroxyl groups is 1. The number of aromatic nitrogens is 3. The molecule has 8 heteroatoms. The van der Waals surface area contributed by atoms with Crippen LogP contribution in [-0.4, -0.2) is 46.2 Å². The molecule has 0 amide bonds. The summed E-state index contributed by atoms with van der Waals surface area (Å²) < 4.78 is 0. The Morgan fingerprint density at radius 2 is 1.93 bits per heavy atom. The van der Waals surface area contributed by atoms with E-state index in [-0.39, 0.29) is 5.75 Å². The van der Waals surface area contributed by atoms with Crippen molar-refractivity contribution in [2.45, 2.75) is 13.8 Å². The quantitative estimate of drug-likeness (QED) is 0.586. The monoisotopic (exact) mass is 410 g/mol. The molecular weight excluding hydrogens is 384 g/mol. The zero-order chi connectivity index (χ0) is 20.5. The van der Waals surface area contributed by atoms with E-state index < -0.39 is 0 Å². The Morgan fingerprint density at radius 3 is 2.72 bits per heavy atom. The third kappa shape index (κ3) is 6.00. The van der Waals surface area contributed by atoms with Gasteiger partial charge in [-0.3, -0.25) is 0 Å². The van der Waals surface area contributed by atoms with Crippen molar-refractivity contribution in [3.8, 4) is 5.75 Å². The predicted octanol–water partition coefficient (Wildman–Crippen LogP) is 3.99. The summed E-state index contributed by atoms with van der Waals surface area (Å²) in [6, 6.07) is 9.08. The second-order valence-electron chi connectivity index (χ2n) is 6.12. The maximum Gasteiger partial charge on any atom is 0.188 e. The van der Waals surface area contributed by atoms with Crippen LogP contribution in [0.5, 0.6) is 5.75 Å². The van der Waals surface area contributed by atoms with Gasteiger partial charge in [0, 0.05) is 43.3 Å². The minimum atomic E-state index is 0.257. The van der Waals surface area contributed by atoms with Crippen molar-refractivity contribution < 1.29 is 5.11 Å². The summed E-state index contributed by atoms with van der Waals surface area (Å²) in [6.45, 7) is 7.82. The molecule has 0 aliphatic carbocycles. The van der Waals surface area contributed by atoms with Crippen LogP contribution in [0.25, 0.3) is 12.2 Å². The van der Waals surface area contributed by atoms with E-state index in [2.05, 4.69) is 30.5 Å². The molecule has 3 heterocycles. The molecule has 0 atom stereocenters. The maximum absolute atomic E-state index is 9.52. The first kappa shape index (κ1) is 20.8. The van der Waals surface area contributed by atoms with E-state index in [1.54, 1.807) is 18.5 Å². The number of rotatable bonds is 5. The van der Waals surface area contributed by atoms with Gasteiger partial charge in [0.25, 0.3) is 0 Å². The first-order valence-electron chi connectivity index (χ1n) is 9.74. The van der Waals surface area contributed by atoms with E-state index in [4.69, 9.17) is 0 Å². The molecule has 1 aliphatic heterocycles. The fraction of sp³-hybridized carbons (Fsp3) is 0.286. The summed E-state index contributed by atoms with van der Waals surface area (Å²) in [6.07, 6.45) is 7.31. The Kier molecular flexibility index (Phi) is 7.54. The molecule has 0 spiro atoms. The number of phenols is 1. The number of nitrogens with zero attached hydrogens (tertiary/aromatic N) is 4. The van der Waals surface area contributed by atoms with Gasteiger partial charge in [0.1, 0.15) is 23.7 Å². The van der Waals surface area contributed by atoms with Crippen molar-refractivity contribution in [2.75, 3.05) is 36.4 Å². The van der Waals surface area contributed by atoms with Crippen molar-refractivity contribution in [1.82, 2.24) is 20.3 Å². The molecule has 29 heavy (non-hydrogen) atoms. The lowest BCUT2D eigenvalue weighted by Crippen LogP contribution is -2.43. The van der Waals surface area contributed by atoms with Gasteiger partial charge in [-0.15, -0.1) is 0 Å². The van der Waals surface area contributed by atoms with Gasteiger partial charge >= 0.3 is 0 Å². The Labute approximate surface area is 175 Å². The molecule has 3 N–H and O–H groups in total. The summed E-state index contributed by atoms with van der Waals surface area (Å²) in [4.78, 5) is 16.3. The molecule has 2 aromatic heterocycles. The van der Waals surface area contributed by atoms with Gasteiger partial charge < -0.3 is 20.6 Å². The van der Waals surface area contributed by atoms with E-state index >= 15 is 0 Å². The van der Waals surface area contributed by atoms with Gasteiger partial charge in [0.2, 0.25) is 0 Å². The maximum atomic E-state index is 9.52. The fourth-order valence-corrected chi connectivity index (χ4v) is 3.55. The number of hydrogen-bond donors (Lipinski definition) is 3. The van der Waals surface area contributed by atoms with Crippen molar-refractivity contribution in [3.63, 3.8) is 0 Å². The molecule has 3 aromatic rings. The van der Waals surface area contributed by atoms with Gasteiger partial charge in [-0.25, -0.2) is 15.0 Å². The molecule has 0 unspecified atom stereocenters. The summed E-state index contributed by atoms with van der Waals surface area (Å²) in [5.41, 5.74) is 0.939. The lowest BCUT2D eigenvalue weighted by molar-refractivity contribution is 0.475. The first-order valence-corrected chi connectivity index (χ1v) is 10.6. The number of thiazole rings is 1. The lowest BCUT2D eigenvalue weighted by Gasteiger charge is -2.28. The fourth-order valence-electron chi connectivity index (χ4n) is 2.82. The molecule has 1 aromatic carbocycles. The third-order valence-corrected chi connectivity index (χ3v) is 5.04.